The lowest BCUT2D eigenvalue weighted by atomic mass is 10.1. The standard InChI is InChI=1S/C22H23N3O7/c1-14-11-15(4-6-17(14)25(28)29)22(27)24-9-2-3-18(24)21(26)23-8-10-30-16-5-7-19-20(12-16)32-13-31-19/h4-7,11-12,18H,2-3,8-10,13H2,1H3,(H,23,26). The van der Waals surface area contributed by atoms with E-state index in [1.165, 1.54) is 23.1 Å². The third-order valence-corrected chi connectivity index (χ3v) is 5.47. The molecular weight excluding hydrogens is 418 g/mol. The minimum atomic E-state index is -0.580. The third kappa shape index (κ3) is 4.43. The van der Waals surface area contributed by atoms with Crippen LogP contribution in [0.1, 0.15) is 28.8 Å². The van der Waals surface area contributed by atoms with Crippen molar-refractivity contribution in [2.75, 3.05) is 26.5 Å². The molecule has 0 spiro atoms. The fourth-order valence-corrected chi connectivity index (χ4v) is 3.87. The minimum absolute atomic E-state index is 0.0419. The predicted molar refractivity (Wildman–Crippen MR) is 113 cm³/mol. The first-order chi connectivity index (χ1) is 15.4. The summed E-state index contributed by atoms with van der Waals surface area (Å²) in [4.78, 5) is 37.7. The highest BCUT2D eigenvalue weighted by atomic mass is 16.7. The van der Waals surface area contributed by atoms with E-state index in [2.05, 4.69) is 5.32 Å². The number of amides is 2. The zero-order valence-corrected chi connectivity index (χ0v) is 17.5. The van der Waals surface area contributed by atoms with E-state index in [-0.39, 0.29) is 37.4 Å². The fraction of sp³-hybridized carbons (Fsp3) is 0.364. The number of likely N-dealkylation sites (tertiary alicyclic amines) is 1. The van der Waals surface area contributed by atoms with Crippen LogP contribution in [0, 0.1) is 17.0 Å². The summed E-state index contributed by atoms with van der Waals surface area (Å²) in [5.41, 5.74) is 0.695. The van der Waals surface area contributed by atoms with E-state index < -0.39 is 11.0 Å². The van der Waals surface area contributed by atoms with E-state index in [4.69, 9.17) is 14.2 Å². The molecule has 2 heterocycles. The largest absolute Gasteiger partial charge is 0.492 e. The summed E-state index contributed by atoms with van der Waals surface area (Å²) in [6, 6.07) is 8.92. The quantitative estimate of drug-likeness (QED) is 0.398. The van der Waals surface area contributed by atoms with Gasteiger partial charge in [-0.1, -0.05) is 0 Å². The zero-order valence-electron chi connectivity index (χ0n) is 17.5. The predicted octanol–water partition coefficient (Wildman–Crippen LogP) is 2.43. The lowest BCUT2D eigenvalue weighted by Gasteiger charge is -2.24. The Morgan fingerprint density at radius 3 is 2.81 bits per heavy atom. The van der Waals surface area contributed by atoms with Gasteiger partial charge in [-0.2, -0.15) is 0 Å². The number of ether oxygens (including phenoxy) is 3. The molecule has 4 rings (SSSR count). The van der Waals surface area contributed by atoms with Crippen molar-refractivity contribution in [3.63, 3.8) is 0 Å². The molecule has 1 N–H and O–H groups in total. The molecule has 0 aliphatic carbocycles. The summed E-state index contributed by atoms with van der Waals surface area (Å²) in [7, 11) is 0. The fourth-order valence-electron chi connectivity index (χ4n) is 3.87. The number of rotatable bonds is 7. The third-order valence-electron chi connectivity index (χ3n) is 5.47. The van der Waals surface area contributed by atoms with Gasteiger partial charge in [0.25, 0.3) is 11.6 Å². The minimum Gasteiger partial charge on any atom is -0.492 e. The first-order valence-electron chi connectivity index (χ1n) is 10.3. The molecule has 32 heavy (non-hydrogen) atoms. The Balaban J connectivity index is 1.30. The lowest BCUT2D eigenvalue weighted by molar-refractivity contribution is -0.385. The van der Waals surface area contributed by atoms with Crippen LogP contribution in [0.3, 0.4) is 0 Å². The van der Waals surface area contributed by atoms with Crippen molar-refractivity contribution >= 4 is 17.5 Å². The van der Waals surface area contributed by atoms with Crippen molar-refractivity contribution in [3.8, 4) is 17.2 Å². The number of fused-ring (bicyclic) bond motifs is 1. The molecule has 2 aromatic rings. The van der Waals surface area contributed by atoms with E-state index in [1.807, 2.05) is 0 Å². The molecule has 10 nitrogen and oxygen atoms in total. The van der Waals surface area contributed by atoms with Crippen LogP contribution in [0.5, 0.6) is 17.2 Å². The second-order valence-electron chi connectivity index (χ2n) is 7.57. The topological polar surface area (TPSA) is 120 Å². The van der Waals surface area contributed by atoms with Crippen molar-refractivity contribution in [2.24, 2.45) is 0 Å². The number of carbonyl (C=O) groups excluding carboxylic acids is 2. The second-order valence-corrected chi connectivity index (χ2v) is 7.57. The Bertz CT molecular complexity index is 1060. The maximum absolute atomic E-state index is 12.9. The summed E-state index contributed by atoms with van der Waals surface area (Å²) in [5.74, 6) is 1.34. The average molecular weight is 441 g/mol. The lowest BCUT2D eigenvalue weighted by Crippen LogP contribution is -2.46. The second kappa shape index (κ2) is 9.13. The maximum Gasteiger partial charge on any atom is 0.272 e. The summed E-state index contributed by atoms with van der Waals surface area (Å²) in [5, 5.41) is 13.8. The van der Waals surface area contributed by atoms with E-state index >= 15 is 0 Å². The van der Waals surface area contributed by atoms with Crippen LogP contribution in [0.15, 0.2) is 36.4 Å². The molecule has 2 aliphatic heterocycles. The summed E-state index contributed by atoms with van der Waals surface area (Å²) in [6.45, 7) is 2.77. The number of nitrogens with one attached hydrogen (secondary N) is 1. The Kier molecular flexibility index (Phi) is 6.11. The molecule has 2 aromatic carbocycles. The molecule has 1 fully saturated rings. The highest BCUT2D eigenvalue weighted by Gasteiger charge is 2.34. The molecule has 2 amide bonds. The Morgan fingerprint density at radius 1 is 1.22 bits per heavy atom. The van der Waals surface area contributed by atoms with Gasteiger partial charge in [0.05, 0.1) is 11.5 Å². The molecule has 1 saturated heterocycles. The number of hydrogen-bond donors (Lipinski definition) is 1. The van der Waals surface area contributed by atoms with Gasteiger partial charge in [-0.05, 0) is 44.0 Å². The Hall–Kier alpha value is -3.82. The number of benzene rings is 2. The van der Waals surface area contributed by atoms with Crippen LogP contribution < -0.4 is 19.5 Å². The smallest absolute Gasteiger partial charge is 0.272 e. The molecule has 168 valence electrons. The number of carbonyl (C=O) groups is 2. The van der Waals surface area contributed by atoms with Crippen molar-refractivity contribution < 1.29 is 28.7 Å². The van der Waals surface area contributed by atoms with E-state index in [9.17, 15) is 19.7 Å². The van der Waals surface area contributed by atoms with E-state index in [0.717, 1.165) is 0 Å². The molecule has 0 bridgehead atoms. The zero-order chi connectivity index (χ0) is 22.7. The number of nitro groups is 1. The number of nitro benzene ring substituents is 1. The maximum atomic E-state index is 12.9. The molecule has 0 saturated carbocycles. The van der Waals surface area contributed by atoms with E-state index in [0.29, 0.717) is 47.8 Å². The first kappa shape index (κ1) is 21.4. The van der Waals surface area contributed by atoms with Crippen molar-refractivity contribution in [3.05, 3.63) is 57.6 Å². The van der Waals surface area contributed by atoms with Crippen LogP contribution in [0.25, 0.3) is 0 Å². The average Bonchev–Trinajstić information content (AvgIpc) is 3.45. The Labute approximate surface area is 184 Å². The van der Waals surface area contributed by atoms with Gasteiger partial charge in [0.15, 0.2) is 11.5 Å². The summed E-state index contributed by atoms with van der Waals surface area (Å²) in [6.07, 6.45) is 1.27. The van der Waals surface area contributed by atoms with Gasteiger partial charge in [0.2, 0.25) is 12.7 Å². The highest BCUT2D eigenvalue weighted by molar-refractivity contribution is 5.98. The van der Waals surface area contributed by atoms with Crippen molar-refractivity contribution in [1.29, 1.82) is 0 Å². The number of nitrogens with zero attached hydrogens (tertiary/aromatic N) is 2. The molecule has 2 aliphatic rings. The number of hydrogen-bond acceptors (Lipinski definition) is 7. The van der Waals surface area contributed by atoms with Crippen LogP contribution in [-0.2, 0) is 4.79 Å². The van der Waals surface area contributed by atoms with Gasteiger partial charge in [-0.3, -0.25) is 19.7 Å². The SMILES string of the molecule is Cc1cc(C(=O)N2CCCC2C(=O)NCCOc2ccc3c(c2)OCO3)ccc1[N+](=O)[O-]. The first-order valence-corrected chi connectivity index (χ1v) is 10.3. The monoisotopic (exact) mass is 441 g/mol. The molecule has 0 aromatic heterocycles. The molecule has 1 atom stereocenters. The Morgan fingerprint density at radius 2 is 2.03 bits per heavy atom. The molecule has 10 heteroatoms. The van der Waals surface area contributed by atoms with Crippen LogP contribution in [0.4, 0.5) is 5.69 Å². The van der Waals surface area contributed by atoms with Gasteiger partial charge in [-0.25, -0.2) is 0 Å². The molecule has 1 unspecified atom stereocenters. The van der Waals surface area contributed by atoms with Gasteiger partial charge >= 0.3 is 0 Å². The van der Waals surface area contributed by atoms with E-state index in [1.54, 1.807) is 25.1 Å². The van der Waals surface area contributed by atoms with Crippen LogP contribution in [-0.4, -0.2) is 54.2 Å². The van der Waals surface area contributed by atoms with Crippen LogP contribution >= 0.6 is 0 Å². The highest BCUT2D eigenvalue weighted by Crippen LogP contribution is 2.35. The summed E-state index contributed by atoms with van der Waals surface area (Å²) < 4.78 is 16.2. The van der Waals surface area contributed by atoms with Gasteiger partial charge in [-0.15, -0.1) is 0 Å². The van der Waals surface area contributed by atoms with Crippen molar-refractivity contribution in [2.45, 2.75) is 25.8 Å². The van der Waals surface area contributed by atoms with Gasteiger partial charge in [0.1, 0.15) is 18.4 Å². The van der Waals surface area contributed by atoms with Crippen LogP contribution in [0.2, 0.25) is 0 Å². The molecule has 0 radical (unpaired) electrons. The van der Waals surface area contributed by atoms with Gasteiger partial charge < -0.3 is 24.4 Å². The number of aryl methyl sites for hydroxylation is 1. The van der Waals surface area contributed by atoms with Gasteiger partial charge in [0, 0.05) is 29.8 Å². The normalized spacial score (nSPS) is 16.7. The summed E-state index contributed by atoms with van der Waals surface area (Å²) >= 11 is 0. The van der Waals surface area contributed by atoms with Crippen molar-refractivity contribution in [1.82, 2.24) is 10.2 Å². The molecular formula is C22H23N3O7.